The third-order valence-corrected chi connectivity index (χ3v) is 5.41. The first-order chi connectivity index (χ1) is 11.8. The van der Waals surface area contributed by atoms with Crippen LogP contribution in [0.4, 0.5) is 5.69 Å². The lowest BCUT2D eigenvalue weighted by Crippen LogP contribution is -2.47. The van der Waals surface area contributed by atoms with E-state index < -0.39 is 0 Å². The van der Waals surface area contributed by atoms with Crippen molar-refractivity contribution in [1.82, 2.24) is 9.80 Å². The average molecular weight is 329 g/mol. The Labute approximate surface area is 146 Å². The number of benzene rings is 1. The molecule has 1 amide bonds. The minimum atomic E-state index is 0.363. The number of anilines is 1. The van der Waals surface area contributed by atoms with Crippen molar-refractivity contribution in [2.75, 3.05) is 50.7 Å². The van der Waals surface area contributed by atoms with Crippen molar-refractivity contribution in [2.45, 2.75) is 39.0 Å². The van der Waals surface area contributed by atoms with Gasteiger partial charge in [-0.05, 0) is 49.9 Å². The summed E-state index contributed by atoms with van der Waals surface area (Å²) in [4.78, 5) is 18.9. The Morgan fingerprint density at radius 1 is 0.917 bits per heavy atom. The average Bonchev–Trinajstić information content (AvgIpc) is 2.64. The smallest absolute Gasteiger partial charge is 0.222 e. The molecule has 4 heteroatoms. The fourth-order valence-corrected chi connectivity index (χ4v) is 3.76. The molecular weight excluding hydrogens is 298 g/mol. The van der Waals surface area contributed by atoms with E-state index in [-0.39, 0.29) is 0 Å². The number of amides is 1. The molecule has 0 aromatic heterocycles. The van der Waals surface area contributed by atoms with Gasteiger partial charge < -0.3 is 9.80 Å². The Balaban J connectivity index is 1.38. The molecule has 0 N–H and O–H groups in total. The van der Waals surface area contributed by atoms with Gasteiger partial charge in [-0.25, -0.2) is 0 Å². The normalized spacial score (nSPS) is 19.8. The molecule has 0 radical (unpaired) electrons. The van der Waals surface area contributed by atoms with Crippen LogP contribution < -0.4 is 4.90 Å². The van der Waals surface area contributed by atoms with Crippen LogP contribution in [0.5, 0.6) is 0 Å². The highest BCUT2D eigenvalue weighted by Crippen LogP contribution is 2.18. The summed E-state index contributed by atoms with van der Waals surface area (Å²) in [6.07, 6.45) is 5.23. The molecule has 0 bridgehead atoms. The monoisotopic (exact) mass is 329 g/mol. The van der Waals surface area contributed by atoms with E-state index in [4.69, 9.17) is 0 Å². The molecule has 3 rings (SSSR count). The lowest BCUT2D eigenvalue weighted by atomic mass is 10.1. The summed E-state index contributed by atoms with van der Waals surface area (Å²) in [6, 6.07) is 9.02. The molecule has 1 aromatic rings. The van der Waals surface area contributed by atoms with Crippen molar-refractivity contribution in [3.63, 3.8) is 0 Å². The van der Waals surface area contributed by atoms with Crippen LogP contribution in [0, 0.1) is 0 Å². The summed E-state index contributed by atoms with van der Waals surface area (Å²) in [6.45, 7) is 9.70. The van der Waals surface area contributed by atoms with Crippen molar-refractivity contribution >= 4 is 11.6 Å². The lowest BCUT2D eigenvalue weighted by Gasteiger charge is -2.36. The number of carbonyl (C=O) groups is 1. The Bertz CT molecular complexity index is 520. The van der Waals surface area contributed by atoms with Crippen molar-refractivity contribution in [1.29, 1.82) is 0 Å². The van der Waals surface area contributed by atoms with Gasteiger partial charge >= 0.3 is 0 Å². The molecule has 0 spiro atoms. The van der Waals surface area contributed by atoms with Crippen molar-refractivity contribution < 1.29 is 4.79 Å². The van der Waals surface area contributed by atoms with Crippen LogP contribution in [0.3, 0.4) is 0 Å². The summed E-state index contributed by atoms with van der Waals surface area (Å²) in [5.74, 6) is 0.363. The molecule has 0 saturated carbocycles. The van der Waals surface area contributed by atoms with Gasteiger partial charge in [0.05, 0.1) is 0 Å². The molecule has 0 atom stereocenters. The van der Waals surface area contributed by atoms with Gasteiger partial charge in [-0.3, -0.25) is 9.69 Å². The van der Waals surface area contributed by atoms with Gasteiger partial charge in [0, 0.05) is 51.4 Å². The van der Waals surface area contributed by atoms with Gasteiger partial charge in [0.25, 0.3) is 0 Å². The summed E-state index contributed by atoms with van der Waals surface area (Å²) in [5.41, 5.74) is 2.76. The molecule has 0 unspecified atom stereocenters. The third-order valence-electron chi connectivity index (χ3n) is 5.41. The highest BCUT2D eigenvalue weighted by Gasteiger charge is 2.19. The molecule has 2 heterocycles. The number of hydrogen-bond acceptors (Lipinski definition) is 3. The fraction of sp³-hybridized carbons (Fsp3) is 0.650. The molecule has 1 aromatic carbocycles. The van der Waals surface area contributed by atoms with Crippen LogP contribution in [-0.2, 0) is 11.2 Å². The lowest BCUT2D eigenvalue weighted by molar-refractivity contribution is -0.133. The van der Waals surface area contributed by atoms with Gasteiger partial charge in [0.2, 0.25) is 5.91 Å². The number of hydrogen-bond donors (Lipinski definition) is 0. The maximum atomic E-state index is 11.8. The second-order valence-electron chi connectivity index (χ2n) is 7.04. The van der Waals surface area contributed by atoms with E-state index in [0.29, 0.717) is 5.91 Å². The van der Waals surface area contributed by atoms with Crippen LogP contribution in [0.15, 0.2) is 24.3 Å². The molecule has 132 valence electrons. The quantitative estimate of drug-likeness (QED) is 0.803. The highest BCUT2D eigenvalue weighted by atomic mass is 16.2. The molecule has 2 fully saturated rings. The summed E-state index contributed by atoms with van der Waals surface area (Å²) >= 11 is 0. The van der Waals surface area contributed by atoms with Crippen LogP contribution in [-0.4, -0.2) is 61.5 Å². The zero-order valence-corrected chi connectivity index (χ0v) is 15.0. The molecule has 2 aliphatic heterocycles. The Kier molecular flexibility index (Phi) is 6.13. The largest absolute Gasteiger partial charge is 0.369 e. The number of piperazine rings is 1. The third kappa shape index (κ3) is 4.50. The molecule has 24 heavy (non-hydrogen) atoms. The number of aryl methyl sites for hydroxylation is 1. The second-order valence-corrected chi connectivity index (χ2v) is 7.04. The van der Waals surface area contributed by atoms with Crippen LogP contribution in [0.1, 0.15) is 38.2 Å². The van der Waals surface area contributed by atoms with Crippen molar-refractivity contribution in [2.24, 2.45) is 0 Å². The number of nitrogens with zero attached hydrogens (tertiary/aromatic N) is 3. The van der Waals surface area contributed by atoms with Gasteiger partial charge in [-0.1, -0.05) is 19.1 Å². The number of piperidine rings is 1. The number of likely N-dealkylation sites (tertiary alicyclic amines) is 1. The summed E-state index contributed by atoms with van der Waals surface area (Å²) < 4.78 is 0. The fourth-order valence-electron chi connectivity index (χ4n) is 3.76. The summed E-state index contributed by atoms with van der Waals surface area (Å²) in [5, 5.41) is 0. The number of carbonyl (C=O) groups excluding carboxylic acids is 1. The Morgan fingerprint density at radius 2 is 1.67 bits per heavy atom. The van der Waals surface area contributed by atoms with E-state index >= 15 is 0 Å². The van der Waals surface area contributed by atoms with Crippen LogP contribution in [0.25, 0.3) is 0 Å². The zero-order chi connectivity index (χ0) is 16.8. The van der Waals surface area contributed by atoms with Gasteiger partial charge in [0.1, 0.15) is 0 Å². The Hall–Kier alpha value is -1.55. The van der Waals surface area contributed by atoms with Gasteiger partial charge in [0.15, 0.2) is 0 Å². The molecular formula is C20H31N3O. The predicted molar refractivity (Wildman–Crippen MR) is 99.5 cm³/mol. The first-order valence-electron chi connectivity index (χ1n) is 9.60. The van der Waals surface area contributed by atoms with E-state index in [1.54, 1.807) is 0 Å². The minimum absolute atomic E-state index is 0.363. The SMILES string of the molecule is CCc1ccc(N2CCN(CCCN3CCCCC3=O)CC2)cc1. The van der Waals surface area contributed by atoms with E-state index in [9.17, 15) is 4.79 Å². The predicted octanol–water partition coefficient (Wildman–Crippen LogP) is 2.77. The summed E-state index contributed by atoms with van der Waals surface area (Å²) in [7, 11) is 0. The van der Waals surface area contributed by atoms with Crippen LogP contribution >= 0.6 is 0 Å². The van der Waals surface area contributed by atoms with E-state index in [1.165, 1.54) is 17.7 Å². The van der Waals surface area contributed by atoms with Crippen molar-refractivity contribution in [3.05, 3.63) is 29.8 Å². The maximum absolute atomic E-state index is 11.8. The molecule has 4 nitrogen and oxygen atoms in total. The minimum Gasteiger partial charge on any atom is -0.369 e. The van der Waals surface area contributed by atoms with Gasteiger partial charge in [-0.15, -0.1) is 0 Å². The number of rotatable bonds is 6. The Morgan fingerprint density at radius 3 is 2.33 bits per heavy atom. The van der Waals surface area contributed by atoms with Crippen LogP contribution in [0.2, 0.25) is 0 Å². The molecule has 0 aliphatic carbocycles. The highest BCUT2D eigenvalue weighted by molar-refractivity contribution is 5.76. The van der Waals surface area contributed by atoms with E-state index in [1.807, 2.05) is 0 Å². The molecule has 2 saturated heterocycles. The van der Waals surface area contributed by atoms with E-state index in [0.717, 1.165) is 71.5 Å². The molecule has 2 aliphatic rings. The van der Waals surface area contributed by atoms with E-state index in [2.05, 4.69) is 45.9 Å². The zero-order valence-electron chi connectivity index (χ0n) is 15.0. The van der Waals surface area contributed by atoms with Gasteiger partial charge in [-0.2, -0.15) is 0 Å². The first kappa shape index (κ1) is 17.3. The maximum Gasteiger partial charge on any atom is 0.222 e. The standard InChI is InChI=1S/C20H31N3O/c1-2-18-7-9-19(10-8-18)22-16-14-21(15-17-22)11-5-13-23-12-4-3-6-20(23)24/h7-10H,2-6,11-17H2,1H3. The van der Waals surface area contributed by atoms with Crippen molar-refractivity contribution in [3.8, 4) is 0 Å². The second kappa shape index (κ2) is 8.52. The topological polar surface area (TPSA) is 26.8 Å². The first-order valence-corrected chi connectivity index (χ1v) is 9.60.